The predicted molar refractivity (Wildman–Crippen MR) is 79.7 cm³/mol. The van der Waals surface area contributed by atoms with Crippen molar-refractivity contribution < 1.29 is 4.79 Å². The summed E-state index contributed by atoms with van der Waals surface area (Å²) < 4.78 is 0. The van der Waals surface area contributed by atoms with E-state index in [-0.39, 0.29) is 5.78 Å². The number of benzene rings is 2. The zero-order valence-electron chi connectivity index (χ0n) is 10.6. The lowest BCUT2D eigenvalue weighted by molar-refractivity contribution is 0.104. The minimum atomic E-state index is -0.0294. The molecule has 0 unspecified atom stereocenters. The van der Waals surface area contributed by atoms with Gasteiger partial charge in [-0.3, -0.25) is 4.79 Å². The summed E-state index contributed by atoms with van der Waals surface area (Å²) in [7, 11) is 0. The van der Waals surface area contributed by atoms with Crippen LogP contribution >= 0.6 is 11.6 Å². The van der Waals surface area contributed by atoms with Gasteiger partial charge < -0.3 is 5.32 Å². The number of nitrogens with one attached hydrogen (secondary N) is 1. The number of carbonyl (C=O) groups excluding carboxylic acids is 1. The van der Waals surface area contributed by atoms with E-state index in [1.54, 1.807) is 24.4 Å². The molecule has 19 heavy (non-hydrogen) atoms. The molecule has 96 valence electrons. The van der Waals surface area contributed by atoms with Crippen LogP contribution in [0.5, 0.6) is 0 Å². The van der Waals surface area contributed by atoms with Gasteiger partial charge >= 0.3 is 0 Å². The summed E-state index contributed by atoms with van der Waals surface area (Å²) in [6, 6.07) is 14.8. The first-order valence-electron chi connectivity index (χ1n) is 5.95. The molecule has 0 heterocycles. The highest BCUT2D eigenvalue weighted by atomic mass is 35.5. The van der Waals surface area contributed by atoms with Crippen LogP contribution in [-0.4, -0.2) is 5.78 Å². The number of aryl methyl sites for hydroxylation is 1. The minimum Gasteiger partial charge on any atom is -0.362 e. The first-order chi connectivity index (χ1) is 9.15. The normalized spacial score (nSPS) is 10.6. The number of carbonyl (C=O) groups is 1. The zero-order valence-corrected chi connectivity index (χ0v) is 11.3. The van der Waals surface area contributed by atoms with Gasteiger partial charge in [-0.2, -0.15) is 0 Å². The number of rotatable bonds is 4. The Bertz CT molecular complexity index is 620. The van der Waals surface area contributed by atoms with Crippen LogP contribution in [0.25, 0.3) is 0 Å². The van der Waals surface area contributed by atoms with Gasteiger partial charge in [-0.25, -0.2) is 0 Å². The fourth-order valence-corrected chi connectivity index (χ4v) is 1.88. The third-order valence-corrected chi connectivity index (χ3v) is 2.85. The van der Waals surface area contributed by atoms with Crippen molar-refractivity contribution in [3.8, 4) is 0 Å². The molecule has 0 amide bonds. The second kappa shape index (κ2) is 6.21. The first-order valence-corrected chi connectivity index (χ1v) is 6.32. The number of hydrogen-bond donors (Lipinski definition) is 1. The smallest absolute Gasteiger partial charge is 0.187 e. The first kappa shape index (κ1) is 13.4. The van der Waals surface area contributed by atoms with E-state index < -0.39 is 0 Å². The van der Waals surface area contributed by atoms with E-state index in [4.69, 9.17) is 11.6 Å². The number of ketones is 1. The lowest BCUT2D eigenvalue weighted by Gasteiger charge is -2.01. The van der Waals surface area contributed by atoms with Gasteiger partial charge in [0, 0.05) is 28.5 Å². The van der Waals surface area contributed by atoms with Gasteiger partial charge in [0.1, 0.15) is 0 Å². The lowest BCUT2D eigenvalue weighted by atomic mass is 10.1. The Kier molecular flexibility index (Phi) is 4.37. The van der Waals surface area contributed by atoms with E-state index in [9.17, 15) is 4.79 Å². The summed E-state index contributed by atoms with van der Waals surface area (Å²) in [5.41, 5.74) is 2.60. The van der Waals surface area contributed by atoms with E-state index in [1.165, 1.54) is 6.08 Å². The number of allylic oxidation sites excluding steroid dienone is 1. The molecule has 0 saturated heterocycles. The van der Waals surface area contributed by atoms with Crippen LogP contribution in [0.3, 0.4) is 0 Å². The van der Waals surface area contributed by atoms with Gasteiger partial charge in [0.15, 0.2) is 5.78 Å². The topological polar surface area (TPSA) is 29.1 Å². The van der Waals surface area contributed by atoms with E-state index >= 15 is 0 Å². The molecule has 0 radical (unpaired) electrons. The maximum atomic E-state index is 11.9. The van der Waals surface area contributed by atoms with Crippen LogP contribution in [0.15, 0.2) is 60.8 Å². The van der Waals surface area contributed by atoms with Crippen LogP contribution in [-0.2, 0) is 0 Å². The number of hydrogen-bond acceptors (Lipinski definition) is 2. The zero-order chi connectivity index (χ0) is 13.7. The second-order valence-electron chi connectivity index (χ2n) is 4.22. The summed E-state index contributed by atoms with van der Waals surface area (Å²) in [5, 5.41) is 3.67. The second-order valence-corrected chi connectivity index (χ2v) is 4.66. The van der Waals surface area contributed by atoms with Gasteiger partial charge in [-0.1, -0.05) is 41.4 Å². The Morgan fingerprint density at radius 3 is 2.68 bits per heavy atom. The SMILES string of the molecule is Cc1cccc(C(=O)C=CNc2cccc(Cl)c2)c1. The Balaban J connectivity index is 2.01. The average Bonchev–Trinajstić information content (AvgIpc) is 2.38. The maximum absolute atomic E-state index is 11.9. The maximum Gasteiger partial charge on any atom is 0.187 e. The minimum absolute atomic E-state index is 0.0294. The van der Waals surface area contributed by atoms with Crippen LogP contribution in [0.1, 0.15) is 15.9 Å². The number of halogens is 1. The predicted octanol–water partition coefficient (Wildman–Crippen LogP) is 4.46. The quantitative estimate of drug-likeness (QED) is 0.657. The molecule has 0 aliphatic rings. The summed E-state index contributed by atoms with van der Waals surface area (Å²) in [4.78, 5) is 11.9. The van der Waals surface area contributed by atoms with E-state index in [2.05, 4.69) is 5.32 Å². The molecule has 0 atom stereocenters. The van der Waals surface area contributed by atoms with Gasteiger partial charge in [-0.15, -0.1) is 0 Å². The van der Waals surface area contributed by atoms with Crippen LogP contribution in [0.4, 0.5) is 5.69 Å². The number of anilines is 1. The lowest BCUT2D eigenvalue weighted by Crippen LogP contribution is -1.96. The van der Waals surface area contributed by atoms with Crippen molar-refractivity contribution in [2.45, 2.75) is 6.92 Å². The standard InChI is InChI=1S/C16H14ClNO/c1-12-4-2-5-13(10-12)16(19)8-9-18-15-7-3-6-14(17)11-15/h2-11,18H,1H3. The van der Waals surface area contributed by atoms with Crippen molar-refractivity contribution in [3.05, 3.63) is 77.0 Å². The Morgan fingerprint density at radius 1 is 1.16 bits per heavy atom. The van der Waals surface area contributed by atoms with E-state index in [0.29, 0.717) is 10.6 Å². The largest absolute Gasteiger partial charge is 0.362 e. The van der Waals surface area contributed by atoms with Crippen molar-refractivity contribution in [1.29, 1.82) is 0 Å². The molecular formula is C16H14ClNO. The molecule has 0 aromatic heterocycles. The molecule has 2 nitrogen and oxygen atoms in total. The molecule has 0 bridgehead atoms. The highest BCUT2D eigenvalue weighted by Gasteiger charge is 2.00. The van der Waals surface area contributed by atoms with E-state index in [0.717, 1.165) is 11.3 Å². The van der Waals surface area contributed by atoms with Crippen molar-refractivity contribution in [2.24, 2.45) is 0 Å². The summed E-state index contributed by atoms with van der Waals surface area (Å²) in [5.74, 6) is -0.0294. The molecule has 3 heteroatoms. The van der Waals surface area contributed by atoms with Gasteiger partial charge in [-0.05, 0) is 31.2 Å². The molecular weight excluding hydrogens is 258 g/mol. The van der Waals surface area contributed by atoms with Gasteiger partial charge in [0.05, 0.1) is 0 Å². The summed E-state index contributed by atoms with van der Waals surface area (Å²) in [6.07, 6.45) is 3.13. The molecule has 2 aromatic carbocycles. The molecule has 0 aliphatic heterocycles. The Morgan fingerprint density at radius 2 is 1.95 bits per heavy atom. The average molecular weight is 272 g/mol. The van der Waals surface area contributed by atoms with Crippen LogP contribution in [0, 0.1) is 6.92 Å². The van der Waals surface area contributed by atoms with Crippen molar-refractivity contribution in [2.75, 3.05) is 5.32 Å². The van der Waals surface area contributed by atoms with Crippen LogP contribution < -0.4 is 5.32 Å². The molecule has 0 fully saturated rings. The molecule has 1 N–H and O–H groups in total. The fourth-order valence-electron chi connectivity index (χ4n) is 1.69. The third kappa shape index (κ3) is 3.97. The Hall–Kier alpha value is -2.06. The summed E-state index contributed by atoms with van der Waals surface area (Å²) in [6.45, 7) is 1.96. The van der Waals surface area contributed by atoms with Gasteiger partial charge in [0.25, 0.3) is 0 Å². The van der Waals surface area contributed by atoms with Crippen molar-refractivity contribution >= 4 is 23.1 Å². The van der Waals surface area contributed by atoms with Crippen molar-refractivity contribution in [1.82, 2.24) is 0 Å². The van der Waals surface area contributed by atoms with E-state index in [1.807, 2.05) is 37.3 Å². The molecule has 0 spiro atoms. The molecule has 0 saturated carbocycles. The highest BCUT2D eigenvalue weighted by molar-refractivity contribution is 6.30. The Labute approximate surface area is 117 Å². The molecule has 2 rings (SSSR count). The van der Waals surface area contributed by atoms with Gasteiger partial charge in [0.2, 0.25) is 0 Å². The summed E-state index contributed by atoms with van der Waals surface area (Å²) >= 11 is 5.87. The molecule has 2 aromatic rings. The van der Waals surface area contributed by atoms with Crippen LogP contribution in [0.2, 0.25) is 5.02 Å². The fraction of sp³-hybridized carbons (Fsp3) is 0.0625. The molecule has 0 aliphatic carbocycles. The highest BCUT2D eigenvalue weighted by Crippen LogP contribution is 2.14. The third-order valence-electron chi connectivity index (χ3n) is 2.61. The van der Waals surface area contributed by atoms with Crippen molar-refractivity contribution in [3.63, 3.8) is 0 Å². The monoisotopic (exact) mass is 271 g/mol.